The topological polar surface area (TPSA) is 31.4 Å². The Labute approximate surface area is 111 Å². The van der Waals surface area contributed by atoms with Crippen LogP contribution in [0.3, 0.4) is 0 Å². The average Bonchev–Trinajstić information content (AvgIpc) is 2.99. The van der Waals surface area contributed by atoms with E-state index in [2.05, 4.69) is 4.98 Å². The number of aryl methyl sites for hydroxylation is 1. The van der Waals surface area contributed by atoms with Crippen molar-refractivity contribution < 1.29 is 9.47 Å². The molecule has 1 saturated heterocycles. The summed E-state index contributed by atoms with van der Waals surface area (Å²) in [7, 11) is 0. The summed E-state index contributed by atoms with van der Waals surface area (Å²) < 4.78 is 11.1. The molecule has 1 aliphatic rings. The van der Waals surface area contributed by atoms with E-state index in [0.29, 0.717) is 12.0 Å². The molecule has 0 aromatic carbocycles. The molecule has 17 heavy (non-hydrogen) atoms. The average molecular weight is 276 g/mol. The Morgan fingerprint density at radius 3 is 3.24 bits per heavy atom. The van der Waals surface area contributed by atoms with Gasteiger partial charge in [-0.3, -0.25) is 0 Å². The highest BCUT2D eigenvalue weighted by molar-refractivity contribution is 7.09. The highest BCUT2D eigenvalue weighted by Crippen LogP contribution is 2.14. The molecule has 1 aliphatic heterocycles. The fourth-order valence-corrected chi connectivity index (χ4v) is 2.91. The maximum absolute atomic E-state index is 5.70. The standard InChI is InChI=1S/C12H18ClNO2S/c13-7-10-9-17-12(14-10)4-2-5-15-8-11-3-1-6-16-11/h9,11H,1-8H2. The molecule has 96 valence electrons. The van der Waals surface area contributed by atoms with Gasteiger partial charge in [-0.25, -0.2) is 4.98 Å². The molecule has 0 aliphatic carbocycles. The third-order valence-corrected chi connectivity index (χ3v) is 3.97. The number of rotatable bonds is 7. The predicted octanol–water partition coefficient (Wildman–Crippen LogP) is 3.01. The third-order valence-electron chi connectivity index (χ3n) is 2.74. The molecule has 0 saturated carbocycles. The number of aromatic nitrogens is 1. The summed E-state index contributed by atoms with van der Waals surface area (Å²) >= 11 is 7.38. The molecule has 1 aromatic rings. The summed E-state index contributed by atoms with van der Waals surface area (Å²) in [6.07, 6.45) is 4.65. The molecule has 1 unspecified atom stereocenters. The Balaban J connectivity index is 1.53. The molecular weight excluding hydrogens is 258 g/mol. The van der Waals surface area contributed by atoms with Crippen molar-refractivity contribution in [2.45, 2.75) is 37.7 Å². The Morgan fingerprint density at radius 1 is 1.59 bits per heavy atom. The molecule has 1 fully saturated rings. The van der Waals surface area contributed by atoms with Gasteiger partial charge in [0.2, 0.25) is 0 Å². The van der Waals surface area contributed by atoms with Crippen LogP contribution in [0.4, 0.5) is 0 Å². The first-order valence-electron chi connectivity index (χ1n) is 6.07. The van der Waals surface area contributed by atoms with Crippen LogP contribution in [-0.4, -0.2) is 30.9 Å². The van der Waals surface area contributed by atoms with Gasteiger partial charge in [0.1, 0.15) is 0 Å². The number of alkyl halides is 1. The van der Waals surface area contributed by atoms with Crippen molar-refractivity contribution >= 4 is 22.9 Å². The van der Waals surface area contributed by atoms with Crippen LogP contribution in [0, 0.1) is 0 Å². The van der Waals surface area contributed by atoms with E-state index in [-0.39, 0.29) is 0 Å². The lowest BCUT2D eigenvalue weighted by molar-refractivity contribution is 0.0166. The zero-order valence-corrected chi connectivity index (χ0v) is 11.4. The molecule has 3 nitrogen and oxygen atoms in total. The SMILES string of the molecule is ClCc1csc(CCCOCC2CCCO2)n1. The number of hydrogen-bond donors (Lipinski definition) is 0. The van der Waals surface area contributed by atoms with Crippen LogP contribution in [0.15, 0.2) is 5.38 Å². The minimum absolute atomic E-state index is 0.331. The monoisotopic (exact) mass is 275 g/mol. The molecule has 2 heterocycles. The van der Waals surface area contributed by atoms with Crippen LogP contribution in [-0.2, 0) is 21.8 Å². The van der Waals surface area contributed by atoms with E-state index < -0.39 is 0 Å². The molecule has 0 spiro atoms. The maximum Gasteiger partial charge on any atom is 0.0929 e. The van der Waals surface area contributed by atoms with Gasteiger partial charge in [0.15, 0.2) is 0 Å². The van der Waals surface area contributed by atoms with Crippen LogP contribution in [0.25, 0.3) is 0 Å². The van der Waals surface area contributed by atoms with Gasteiger partial charge in [-0.2, -0.15) is 0 Å². The lowest BCUT2D eigenvalue weighted by atomic mass is 10.2. The molecule has 0 radical (unpaired) electrons. The van der Waals surface area contributed by atoms with Crippen LogP contribution in [0.1, 0.15) is 30.0 Å². The highest BCUT2D eigenvalue weighted by atomic mass is 35.5. The second kappa shape index (κ2) is 7.31. The summed E-state index contributed by atoms with van der Waals surface area (Å²) in [5.41, 5.74) is 0.979. The highest BCUT2D eigenvalue weighted by Gasteiger charge is 2.14. The molecule has 1 atom stereocenters. The molecule has 0 amide bonds. The van der Waals surface area contributed by atoms with Crippen LogP contribution >= 0.6 is 22.9 Å². The van der Waals surface area contributed by atoms with Crippen LogP contribution in [0.5, 0.6) is 0 Å². The van der Waals surface area contributed by atoms with E-state index in [4.69, 9.17) is 21.1 Å². The van der Waals surface area contributed by atoms with Crippen molar-refractivity contribution in [2.24, 2.45) is 0 Å². The van der Waals surface area contributed by atoms with Crippen molar-refractivity contribution in [3.8, 4) is 0 Å². The molecule has 2 rings (SSSR count). The summed E-state index contributed by atoms with van der Waals surface area (Å²) in [5.74, 6) is 0.506. The quantitative estimate of drug-likeness (QED) is 0.566. The number of nitrogens with zero attached hydrogens (tertiary/aromatic N) is 1. The normalized spacial score (nSPS) is 19.9. The first kappa shape index (κ1) is 13.3. The van der Waals surface area contributed by atoms with Crippen molar-refractivity contribution in [1.29, 1.82) is 0 Å². The smallest absolute Gasteiger partial charge is 0.0929 e. The van der Waals surface area contributed by atoms with Crippen molar-refractivity contribution in [1.82, 2.24) is 4.98 Å². The fourth-order valence-electron chi connectivity index (χ4n) is 1.84. The Hall–Kier alpha value is -0.160. The molecule has 5 heteroatoms. The molecule has 0 bridgehead atoms. The number of thiazole rings is 1. The molecular formula is C12H18ClNO2S. The first-order chi connectivity index (χ1) is 8.38. The number of ether oxygens (including phenoxy) is 2. The zero-order chi connectivity index (χ0) is 11.9. The number of halogens is 1. The minimum Gasteiger partial charge on any atom is -0.379 e. The second-order valence-electron chi connectivity index (χ2n) is 4.18. The minimum atomic E-state index is 0.331. The summed E-state index contributed by atoms with van der Waals surface area (Å²) in [4.78, 5) is 4.41. The van der Waals surface area contributed by atoms with Gasteiger partial charge in [-0.05, 0) is 19.3 Å². The van der Waals surface area contributed by atoms with Crippen LogP contribution in [0.2, 0.25) is 0 Å². The van der Waals surface area contributed by atoms with Gasteiger partial charge in [-0.15, -0.1) is 22.9 Å². The van der Waals surface area contributed by atoms with E-state index in [0.717, 1.165) is 49.8 Å². The third kappa shape index (κ3) is 4.54. The lowest BCUT2D eigenvalue weighted by Gasteiger charge is -2.09. The van der Waals surface area contributed by atoms with E-state index >= 15 is 0 Å². The molecule has 1 aromatic heterocycles. The van der Waals surface area contributed by atoms with Gasteiger partial charge in [0.25, 0.3) is 0 Å². The van der Waals surface area contributed by atoms with Crippen molar-refractivity contribution in [3.05, 3.63) is 16.1 Å². The van der Waals surface area contributed by atoms with E-state index in [9.17, 15) is 0 Å². The number of hydrogen-bond acceptors (Lipinski definition) is 4. The Kier molecular flexibility index (Phi) is 5.71. The van der Waals surface area contributed by atoms with Crippen molar-refractivity contribution in [2.75, 3.05) is 19.8 Å². The first-order valence-corrected chi connectivity index (χ1v) is 7.48. The van der Waals surface area contributed by atoms with Gasteiger partial charge >= 0.3 is 0 Å². The fraction of sp³-hybridized carbons (Fsp3) is 0.750. The zero-order valence-electron chi connectivity index (χ0n) is 9.86. The van der Waals surface area contributed by atoms with E-state index in [1.54, 1.807) is 11.3 Å². The Morgan fingerprint density at radius 2 is 2.53 bits per heavy atom. The largest absolute Gasteiger partial charge is 0.379 e. The van der Waals surface area contributed by atoms with Gasteiger partial charge < -0.3 is 9.47 Å². The van der Waals surface area contributed by atoms with Gasteiger partial charge in [0, 0.05) is 25.0 Å². The van der Waals surface area contributed by atoms with E-state index in [1.807, 2.05) is 5.38 Å². The summed E-state index contributed by atoms with van der Waals surface area (Å²) in [6.45, 7) is 2.43. The second-order valence-corrected chi connectivity index (χ2v) is 5.39. The van der Waals surface area contributed by atoms with Gasteiger partial charge in [0.05, 0.1) is 29.3 Å². The van der Waals surface area contributed by atoms with E-state index in [1.165, 1.54) is 6.42 Å². The summed E-state index contributed by atoms with van der Waals surface area (Å²) in [5, 5.41) is 3.18. The van der Waals surface area contributed by atoms with Crippen molar-refractivity contribution in [3.63, 3.8) is 0 Å². The molecule has 0 N–H and O–H groups in total. The lowest BCUT2D eigenvalue weighted by Crippen LogP contribution is -2.14. The van der Waals surface area contributed by atoms with Crippen LogP contribution < -0.4 is 0 Å². The predicted molar refractivity (Wildman–Crippen MR) is 69.8 cm³/mol. The Bertz CT molecular complexity index is 326. The maximum atomic E-state index is 5.70. The summed E-state index contributed by atoms with van der Waals surface area (Å²) in [6, 6.07) is 0. The van der Waals surface area contributed by atoms with Gasteiger partial charge in [-0.1, -0.05) is 0 Å².